The number of ether oxygens (including phenoxy) is 2. The Balaban J connectivity index is 2.14. The van der Waals surface area contributed by atoms with Crippen molar-refractivity contribution in [3.8, 4) is 11.5 Å². The summed E-state index contributed by atoms with van der Waals surface area (Å²) in [5.74, 6) is -1.98. The van der Waals surface area contributed by atoms with E-state index in [2.05, 4.69) is 0 Å². The zero-order valence-electron chi connectivity index (χ0n) is 11.7. The largest absolute Gasteiger partial charge is 0.506 e. The molecule has 1 aromatic carbocycles. The summed E-state index contributed by atoms with van der Waals surface area (Å²) in [5.41, 5.74) is 1.15. The molecule has 0 atom stereocenters. The van der Waals surface area contributed by atoms with Crippen LogP contribution in [0.15, 0.2) is 24.3 Å². The van der Waals surface area contributed by atoms with E-state index in [-0.39, 0.29) is 6.79 Å². The summed E-state index contributed by atoms with van der Waals surface area (Å²) in [7, 11) is 0. The molecule has 1 aliphatic rings. The lowest BCUT2D eigenvalue weighted by Gasteiger charge is -2.07. The topological polar surface area (TPSA) is 98.0 Å². The van der Waals surface area contributed by atoms with Crippen molar-refractivity contribution in [2.45, 2.75) is 13.5 Å². The number of rotatable bonds is 4. The molecule has 0 unspecified atom stereocenters. The van der Waals surface area contributed by atoms with Gasteiger partial charge in [-0.1, -0.05) is 0 Å². The van der Waals surface area contributed by atoms with Crippen molar-refractivity contribution >= 4 is 28.4 Å². The van der Waals surface area contributed by atoms with Crippen molar-refractivity contribution in [2.24, 2.45) is 0 Å². The van der Waals surface area contributed by atoms with Crippen molar-refractivity contribution in [3.05, 3.63) is 30.0 Å². The second-order valence-electron chi connectivity index (χ2n) is 4.74. The Morgan fingerprint density at radius 1 is 1.23 bits per heavy atom. The number of hydrogen-bond acceptors (Lipinski definition) is 5. The van der Waals surface area contributed by atoms with Crippen LogP contribution in [0.25, 0.3) is 16.7 Å². The number of aliphatic hydroxyl groups excluding tert-OH is 1. The summed E-state index contributed by atoms with van der Waals surface area (Å²) >= 11 is 0. The van der Waals surface area contributed by atoms with E-state index in [9.17, 15) is 14.7 Å². The van der Waals surface area contributed by atoms with Crippen LogP contribution in [-0.4, -0.2) is 33.3 Å². The highest BCUT2D eigenvalue weighted by Gasteiger charge is 2.19. The maximum Gasteiger partial charge on any atom is 0.376 e. The minimum absolute atomic E-state index is 0.166. The highest BCUT2D eigenvalue weighted by atomic mass is 16.7. The number of aliphatic carboxylic acids is 1. The predicted molar refractivity (Wildman–Crippen MR) is 77.0 cm³/mol. The maximum atomic E-state index is 11.2. The fourth-order valence-electron chi connectivity index (χ4n) is 2.46. The van der Waals surface area contributed by atoms with E-state index in [4.69, 9.17) is 14.6 Å². The Kier molecular flexibility index (Phi) is 3.25. The molecule has 3 rings (SSSR count). The van der Waals surface area contributed by atoms with Crippen LogP contribution in [0.2, 0.25) is 0 Å². The highest BCUT2D eigenvalue weighted by Crippen LogP contribution is 2.38. The second kappa shape index (κ2) is 5.10. The van der Waals surface area contributed by atoms with Crippen molar-refractivity contribution in [2.75, 3.05) is 6.79 Å². The van der Waals surface area contributed by atoms with Crippen LogP contribution in [0, 0.1) is 0 Å². The third kappa shape index (κ3) is 2.16. The van der Waals surface area contributed by atoms with Crippen molar-refractivity contribution in [1.29, 1.82) is 0 Å². The predicted octanol–water partition coefficient (Wildman–Crippen LogP) is 1.94. The molecule has 2 heterocycles. The number of carboxylic acid groups (broad SMARTS) is 1. The number of carboxylic acids is 1. The van der Waals surface area contributed by atoms with E-state index in [1.165, 1.54) is 0 Å². The monoisotopic (exact) mass is 303 g/mol. The molecule has 1 aromatic heterocycles. The third-order valence-corrected chi connectivity index (χ3v) is 3.45. The van der Waals surface area contributed by atoms with Crippen LogP contribution in [0.5, 0.6) is 11.5 Å². The molecule has 0 fully saturated rings. The number of nitrogens with zero attached hydrogens (tertiary/aromatic N) is 1. The summed E-state index contributed by atoms with van der Waals surface area (Å²) in [4.78, 5) is 21.8. The van der Waals surface area contributed by atoms with Gasteiger partial charge in [-0.05, 0) is 19.1 Å². The van der Waals surface area contributed by atoms with Gasteiger partial charge in [0.2, 0.25) is 6.79 Å². The first-order valence-electron chi connectivity index (χ1n) is 6.62. The third-order valence-electron chi connectivity index (χ3n) is 3.45. The van der Waals surface area contributed by atoms with Gasteiger partial charge in [0.05, 0.1) is 11.2 Å². The number of ketones is 1. The number of fused-ring (bicyclic) bond motifs is 2. The average molecular weight is 303 g/mol. The Hall–Kier alpha value is -2.96. The molecule has 0 spiro atoms. The molecule has 2 aromatic rings. The van der Waals surface area contributed by atoms with Gasteiger partial charge in [0.15, 0.2) is 11.5 Å². The van der Waals surface area contributed by atoms with Crippen LogP contribution in [0.3, 0.4) is 0 Å². The van der Waals surface area contributed by atoms with Gasteiger partial charge in [0.25, 0.3) is 5.78 Å². The molecule has 0 bridgehead atoms. The van der Waals surface area contributed by atoms with Gasteiger partial charge < -0.3 is 24.3 Å². The molecule has 0 aliphatic carbocycles. The van der Waals surface area contributed by atoms with Gasteiger partial charge in [-0.3, -0.25) is 4.79 Å². The normalized spacial score (nSPS) is 13.6. The number of carbonyl (C=O) groups is 2. The van der Waals surface area contributed by atoms with E-state index in [1.807, 2.05) is 6.92 Å². The summed E-state index contributed by atoms with van der Waals surface area (Å²) in [6.07, 6.45) is 0.698. The van der Waals surface area contributed by atoms with Gasteiger partial charge in [-0.15, -0.1) is 0 Å². The second-order valence-corrected chi connectivity index (χ2v) is 4.74. The van der Waals surface area contributed by atoms with Gasteiger partial charge in [-0.2, -0.15) is 0 Å². The van der Waals surface area contributed by atoms with Crippen LogP contribution in [0.4, 0.5) is 0 Å². The Morgan fingerprint density at radius 2 is 1.91 bits per heavy atom. The standard InChI is InChI=1S/C15H13NO6/c1-2-16-9-5-14-13(21-7-22-14)4-8(9)3-10(16)11(17)6-12(18)15(19)20/h3-6,17H,2,7H2,1H3,(H,19,20). The van der Waals surface area contributed by atoms with E-state index < -0.39 is 17.5 Å². The van der Waals surface area contributed by atoms with Gasteiger partial charge >= 0.3 is 5.97 Å². The molecule has 2 N–H and O–H groups in total. The first-order valence-corrected chi connectivity index (χ1v) is 6.62. The Morgan fingerprint density at radius 3 is 2.55 bits per heavy atom. The molecule has 1 aliphatic heterocycles. The molecule has 114 valence electrons. The smallest absolute Gasteiger partial charge is 0.376 e. The van der Waals surface area contributed by atoms with Crippen LogP contribution >= 0.6 is 0 Å². The van der Waals surface area contributed by atoms with E-state index in [0.717, 1.165) is 10.9 Å². The van der Waals surface area contributed by atoms with Gasteiger partial charge in [0, 0.05) is 24.1 Å². The minimum Gasteiger partial charge on any atom is -0.506 e. The highest BCUT2D eigenvalue weighted by molar-refractivity contribution is 6.38. The number of carbonyl (C=O) groups excluding carboxylic acids is 1. The number of aryl methyl sites for hydroxylation is 1. The molecule has 7 nitrogen and oxygen atoms in total. The fraction of sp³-hybridized carbons (Fsp3) is 0.200. The number of aromatic nitrogens is 1. The average Bonchev–Trinajstić information content (AvgIpc) is 3.07. The van der Waals surface area contributed by atoms with Crippen molar-refractivity contribution in [3.63, 3.8) is 0 Å². The van der Waals surface area contributed by atoms with E-state index in [0.29, 0.717) is 29.8 Å². The molecule has 7 heteroatoms. The van der Waals surface area contributed by atoms with Crippen LogP contribution < -0.4 is 9.47 Å². The summed E-state index contributed by atoms with van der Waals surface area (Å²) in [6.45, 7) is 2.57. The summed E-state index contributed by atoms with van der Waals surface area (Å²) in [6, 6.07) is 5.23. The lowest BCUT2D eigenvalue weighted by Crippen LogP contribution is -2.10. The molecular weight excluding hydrogens is 290 g/mol. The molecule has 0 saturated heterocycles. The SMILES string of the molecule is CCn1c(C(O)=CC(=O)C(=O)O)cc2cc3c(cc21)OCO3. The van der Waals surface area contributed by atoms with Gasteiger partial charge in [-0.25, -0.2) is 4.79 Å². The van der Waals surface area contributed by atoms with Crippen molar-refractivity contribution < 1.29 is 29.3 Å². The minimum atomic E-state index is -1.62. The number of aliphatic hydroxyl groups is 1. The lowest BCUT2D eigenvalue weighted by molar-refractivity contribution is -0.146. The van der Waals surface area contributed by atoms with Gasteiger partial charge in [0.1, 0.15) is 5.76 Å². The van der Waals surface area contributed by atoms with Crippen molar-refractivity contribution in [1.82, 2.24) is 4.57 Å². The van der Waals surface area contributed by atoms with Crippen LogP contribution in [0.1, 0.15) is 12.6 Å². The van der Waals surface area contributed by atoms with E-state index in [1.54, 1.807) is 22.8 Å². The molecule has 0 radical (unpaired) electrons. The van der Waals surface area contributed by atoms with E-state index >= 15 is 0 Å². The zero-order valence-corrected chi connectivity index (χ0v) is 11.7. The molecule has 22 heavy (non-hydrogen) atoms. The Labute approximate surface area is 125 Å². The molecular formula is C15H13NO6. The summed E-state index contributed by atoms with van der Waals surface area (Å²) in [5, 5.41) is 19.5. The van der Waals surface area contributed by atoms with Crippen LogP contribution in [-0.2, 0) is 16.1 Å². The quantitative estimate of drug-likeness (QED) is 0.509. The molecule has 0 saturated carbocycles. The Bertz CT molecular complexity index is 817. The number of hydrogen-bond donors (Lipinski definition) is 2. The molecule has 0 amide bonds. The number of benzene rings is 1. The lowest BCUT2D eigenvalue weighted by atomic mass is 10.2. The summed E-state index contributed by atoms with van der Waals surface area (Å²) < 4.78 is 12.4. The first kappa shape index (κ1) is 14.0. The maximum absolute atomic E-state index is 11.2. The fourth-order valence-corrected chi connectivity index (χ4v) is 2.46. The first-order chi connectivity index (χ1) is 10.5. The zero-order chi connectivity index (χ0) is 15.9.